The number of fused-ring (bicyclic) bond motifs is 1. The lowest BCUT2D eigenvalue weighted by Gasteiger charge is -2.27. The molecule has 2 fully saturated rings. The third-order valence-corrected chi connectivity index (χ3v) is 5.03. The molecule has 0 spiro atoms. The quantitative estimate of drug-likeness (QED) is 0.808. The van der Waals surface area contributed by atoms with Crippen molar-refractivity contribution >= 4 is 5.91 Å². The van der Waals surface area contributed by atoms with E-state index in [9.17, 15) is 9.90 Å². The molecule has 1 amide bonds. The fourth-order valence-electron chi connectivity index (χ4n) is 3.65. The van der Waals surface area contributed by atoms with Crippen LogP contribution in [0.4, 0.5) is 0 Å². The first-order valence-corrected chi connectivity index (χ1v) is 8.47. The summed E-state index contributed by atoms with van der Waals surface area (Å²) in [6, 6.07) is -0.270. The molecule has 0 bridgehead atoms. The van der Waals surface area contributed by atoms with E-state index in [4.69, 9.17) is 9.15 Å². The number of hydrogen-bond donors (Lipinski definition) is 2. The Morgan fingerprint density at radius 3 is 2.91 bits per heavy atom. The molecule has 2 saturated heterocycles. The molecular formula is C16H23N3O4. The third-order valence-electron chi connectivity index (χ3n) is 5.03. The molecule has 4 rings (SSSR count). The van der Waals surface area contributed by atoms with Crippen LogP contribution in [0.25, 0.3) is 0 Å². The molecule has 0 unspecified atom stereocenters. The molecule has 126 valence electrons. The first kappa shape index (κ1) is 15.1. The van der Waals surface area contributed by atoms with Crippen molar-refractivity contribution in [2.45, 2.75) is 50.3 Å². The smallest absolute Gasteiger partial charge is 0.240 e. The molecule has 2 N–H and O–H groups in total. The van der Waals surface area contributed by atoms with Gasteiger partial charge in [0.25, 0.3) is 0 Å². The van der Waals surface area contributed by atoms with Gasteiger partial charge in [-0.1, -0.05) is 0 Å². The molecule has 7 nitrogen and oxygen atoms in total. The number of carbonyl (C=O) groups is 1. The van der Waals surface area contributed by atoms with Gasteiger partial charge in [-0.05, 0) is 19.3 Å². The zero-order valence-corrected chi connectivity index (χ0v) is 13.2. The summed E-state index contributed by atoms with van der Waals surface area (Å²) in [5.41, 5.74) is 0.893. The van der Waals surface area contributed by atoms with E-state index in [-0.39, 0.29) is 11.9 Å². The number of aliphatic hydroxyl groups excluding tert-OH is 1. The molecule has 4 heterocycles. The van der Waals surface area contributed by atoms with E-state index in [0.29, 0.717) is 38.4 Å². The van der Waals surface area contributed by atoms with Crippen molar-refractivity contribution in [3.63, 3.8) is 0 Å². The summed E-state index contributed by atoms with van der Waals surface area (Å²) in [7, 11) is 0. The molecule has 7 heteroatoms. The lowest BCUT2D eigenvalue weighted by Crippen LogP contribution is -2.45. The van der Waals surface area contributed by atoms with Gasteiger partial charge >= 0.3 is 0 Å². The number of oxazole rings is 1. The van der Waals surface area contributed by atoms with E-state index >= 15 is 0 Å². The normalized spacial score (nSPS) is 28.8. The molecule has 0 aliphatic carbocycles. The maximum absolute atomic E-state index is 12.5. The van der Waals surface area contributed by atoms with Crippen molar-refractivity contribution in [1.29, 1.82) is 0 Å². The van der Waals surface area contributed by atoms with Gasteiger partial charge in [0.2, 0.25) is 5.91 Å². The number of nitrogens with zero attached hydrogens (tertiary/aromatic N) is 2. The van der Waals surface area contributed by atoms with Crippen molar-refractivity contribution in [3.8, 4) is 0 Å². The maximum Gasteiger partial charge on any atom is 0.240 e. The van der Waals surface area contributed by atoms with Crippen molar-refractivity contribution in [2.75, 3.05) is 26.3 Å². The van der Waals surface area contributed by atoms with E-state index in [1.807, 2.05) is 4.90 Å². The van der Waals surface area contributed by atoms with E-state index < -0.39 is 6.10 Å². The minimum Gasteiger partial charge on any atom is -0.445 e. The summed E-state index contributed by atoms with van der Waals surface area (Å²) in [5.74, 6) is 2.13. The van der Waals surface area contributed by atoms with E-state index in [2.05, 4.69) is 10.3 Å². The SMILES string of the molecule is O=C([C@H]1C[C@@H](O)CN1)N1CCc2oc(C3CCOCC3)nc2C1. The van der Waals surface area contributed by atoms with Crippen LogP contribution in [0.15, 0.2) is 4.42 Å². The number of carbonyl (C=O) groups excluding carboxylic acids is 1. The first-order chi connectivity index (χ1) is 11.2. The Labute approximate surface area is 135 Å². The van der Waals surface area contributed by atoms with Crippen LogP contribution in [0.3, 0.4) is 0 Å². The van der Waals surface area contributed by atoms with Crippen molar-refractivity contribution < 1.29 is 19.1 Å². The van der Waals surface area contributed by atoms with Crippen LogP contribution in [-0.2, 0) is 22.5 Å². The number of rotatable bonds is 2. The second-order valence-electron chi connectivity index (χ2n) is 6.67. The Balaban J connectivity index is 1.44. The van der Waals surface area contributed by atoms with Gasteiger partial charge in [0.1, 0.15) is 11.5 Å². The Bertz CT molecular complexity index is 582. The second-order valence-corrected chi connectivity index (χ2v) is 6.67. The number of hydrogen-bond acceptors (Lipinski definition) is 6. The topological polar surface area (TPSA) is 87.8 Å². The molecule has 3 aliphatic heterocycles. The summed E-state index contributed by atoms with van der Waals surface area (Å²) in [6.45, 7) is 3.18. The van der Waals surface area contributed by atoms with E-state index in [0.717, 1.165) is 43.4 Å². The largest absolute Gasteiger partial charge is 0.445 e. The summed E-state index contributed by atoms with van der Waals surface area (Å²) in [4.78, 5) is 19.0. The van der Waals surface area contributed by atoms with Gasteiger partial charge in [-0.3, -0.25) is 4.79 Å². The van der Waals surface area contributed by atoms with Crippen LogP contribution in [0.2, 0.25) is 0 Å². The van der Waals surface area contributed by atoms with Gasteiger partial charge in [0.15, 0.2) is 5.89 Å². The highest BCUT2D eigenvalue weighted by Gasteiger charge is 2.34. The molecule has 0 radical (unpaired) electrons. The summed E-state index contributed by atoms with van der Waals surface area (Å²) in [5, 5.41) is 12.7. The zero-order chi connectivity index (χ0) is 15.8. The molecule has 0 aromatic carbocycles. The number of nitrogens with one attached hydrogen (secondary N) is 1. The van der Waals surface area contributed by atoms with Crippen LogP contribution >= 0.6 is 0 Å². The van der Waals surface area contributed by atoms with Gasteiger partial charge < -0.3 is 24.5 Å². The van der Waals surface area contributed by atoms with Gasteiger partial charge in [-0.2, -0.15) is 0 Å². The fourth-order valence-corrected chi connectivity index (χ4v) is 3.65. The Hall–Kier alpha value is -1.44. The lowest BCUT2D eigenvalue weighted by molar-refractivity contribution is -0.134. The molecule has 1 aromatic heterocycles. The summed E-state index contributed by atoms with van der Waals surface area (Å²) >= 11 is 0. The predicted molar refractivity (Wildman–Crippen MR) is 80.8 cm³/mol. The van der Waals surface area contributed by atoms with Crippen LogP contribution < -0.4 is 5.32 Å². The highest BCUT2D eigenvalue weighted by Crippen LogP contribution is 2.30. The third kappa shape index (κ3) is 3.00. The lowest BCUT2D eigenvalue weighted by atomic mass is 10.0. The van der Waals surface area contributed by atoms with Crippen LogP contribution in [-0.4, -0.2) is 59.3 Å². The van der Waals surface area contributed by atoms with Gasteiger partial charge in [-0.15, -0.1) is 0 Å². The average molecular weight is 321 g/mol. The molecular weight excluding hydrogens is 298 g/mol. The number of β-amino-alcohol motifs (C(OH)–C–C–N with tert-alkyl or cyclic N) is 1. The minimum atomic E-state index is -0.420. The van der Waals surface area contributed by atoms with Gasteiger partial charge in [0, 0.05) is 38.6 Å². The Morgan fingerprint density at radius 2 is 2.17 bits per heavy atom. The van der Waals surface area contributed by atoms with Crippen LogP contribution in [0.1, 0.15) is 42.5 Å². The fraction of sp³-hybridized carbons (Fsp3) is 0.750. The monoisotopic (exact) mass is 321 g/mol. The molecule has 2 atom stereocenters. The number of aromatic nitrogens is 1. The summed E-state index contributed by atoms with van der Waals surface area (Å²) in [6.07, 6.45) is 2.69. The predicted octanol–water partition coefficient (Wildman–Crippen LogP) is 0.176. The molecule has 1 aromatic rings. The van der Waals surface area contributed by atoms with Crippen molar-refractivity contribution in [1.82, 2.24) is 15.2 Å². The van der Waals surface area contributed by atoms with Crippen LogP contribution in [0, 0.1) is 0 Å². The molecule has 23 heavy (non-hydrogen) atoms. The van der Waals surface area contributed by atoms with Crippen LogP contribution in [0.5, 0.6) is 0 Å². The van der Waals surface area contributed by atoms with E-state index in [1.165, 1.54) is 0 Å². The minimum absolute atomic E-state index is 0.0582. The van der Waals surface area contributed by atoms with Gasteiger partial charge in [0.05, 0.1) is 18.7 Å². The second kappa shape index (κ2) is 6.22. The standard InChI is InChI=1S/C16H23N3O4/c20-11-7-12(17-8-11)16(21)19-4-1-14-13(9-19)18-15(23-14)10-2-5-22-6-3-10/h10-12,17,20H,1-9H2/t11-,12-/m1/s1. The zero-order valence-electron chi connectivity index (χ0n) is 13.2. The summed E-state index contributed by atoms with van der Waals surface area (Å²) < 4.78 is 11.3. The van der Waals surface area contributed by atoms with Crippen molar-refractivity contribution in [2.24, 2.45) is 0 Å². The highest BCUT2D eigenvalue weighted by molar-refractivity contribution is 5.82. The maximum atomic E-state index is 12.5. The van der Waals surface area contributed by atoms with Crippen molar-refractivity contribution in [3.05, 3.63) is 17.3 Å². The number of aliphatic hydroxyl groups is 1. The molecule has 0 saturated carbocycles. The Kier molecular flexibility index (Phi) is 4.09. The number of ether oxygens (including phenoxy) is 1. The van der Waals surface area contributed by atoms with Gasteiger partial charge in [-0.25, -0.2) is 4.98 Å². The van der Waals surface area contributed by atoms with E-state index in [1.54, 1.807) is 0 Å². The number of amides is 1. The average Bonchev–Trinajstić information content (AvgIpc) is 3.20. The molecule has 3 aliphatic rings. The highest BCUT2D eigenvalue weighted by atomic mass is 16.5. The Morgan fingerprint density at radius 1 is 1.35 bits per heavy atom. The first-order valence-electron chi connectivity index (χ1n) is 8.47.